The number of benzene rings is 2. The van der Waals surface area contributed by atoms with Gasteiger partial charge in [-0.1, -0.05) is 44.9 Å². The fraction of sp³-hybridized carbons (Fsp3) is 0.485. The van der Waals surface area contributed by atoms with Gasteiger partial charge in [-0.25, -0.2) is 0 Å². The van der Waals surface area contributed by atoms with E-state index in [9.17, 15) is 19.2 Å². The summed E-state index contributed by atoms with van der Waals surface area (Å²) in [6, 6.07) is 8.69. The lowest BCUT2D eigenvalue weighted by Gasteiger charge is -2.44. The number of carbonyl (C=O) groups excluding carboxylic acids is 4. The number of hydrogen-bond donors (Lipinski definition) is 2. The van der Waals surface area contributed by atoms with Crippen LogP contribution in [0.5, 0.6) is 0 Å². The third-order valence-corrected chi connectivity index (χ3v) is 9.45. The van der Waals surface area contributed by atoms with Crippen LogP contribution in [-0.4, -0.2) is 59.9 Å². The molecule has 1 unspecified atom stereocenters. The molecule has 1 atom stereocenters. The summed E-state index contributed by atoms with van der Waals surface area (Å²) in [4.78, 5) is 58.7. The number of rotatable bonds is 10. The van der Waals surface area contributed by atoms with E-state index in [1.807, 2.05) is 42.3 Å². The first-order valence-corrected chi connectivity index (χ1v) is 15.0. The normalized spacial score (nSPS) is 20.1. The van der Waals surface area contributed by atoms with Crippen LogP contribution in [0.4, 0.5) is 5.69 Å². The van der Waals surface area contributed by atoms with Gasteiger partial charge in [0.25, 0.3) is 5.91 Å². The fourth-order valence-corrected chi connectivity index (χ4v) is 6.56. The molecule has 2 fully saturated rings. The predicted octanol–water partition coefficient (Wildman–Crippen LogP) is 4.27. The number of aliphatic imine (C=N–C) groups is 1. The first-order chi connectivity index (χ1) is 20.1. The minimum absolute atomic E-state index is 0.174. The zero-order chi connectivity index (χ0) is 30.1. The lowest BCUT2D eigenvalue weighted by Crippen LogP contribution is -2.51. The van der Waals surface area contributed by atoms with Crippen molar-refractivity contribution in [3.05, 3.63) is 53.2 Å². The van der Waals surface area contributed by atoms with Crippen LogP contribution in [0, 0.1) is 5.41 Å². The molecule has 0 aromatic heterocycles. The Hall–Kier alpha value is -4.01. The summed E-state index contributed by atoms with van der Waals surface area (Å²) >= 11 is 0. The third-order valence-electron chi connectivity index (χ3n) is 9.45. The largest absolute Gasteiger partial charge is 0.404 e. The molecule has 2 aliphatic heterocycles. The minimum Gasteiger partial charge on any atom is -0.404 e. The van der Waals surface area contributed by atoms with E-state index in [1.54, 1.807) is 12.3 Å². The van der Waals surface area contributed by atoms with Gasteiger partial charge in [0, 0.05) is 42.1 Å². The molecule has 222 valence electrons. The molecule has 3 aliphatic rings. The molecule has 1 saturated carbocycles. The lowest BCUT2D eigenvalue weighted by molar-refractivity contribution is -0.147. The van der Waals surface area contributed by atoms with E-state index in [0.717, 1.165) is 54.0 Å². The SMILES string of the molecule is CCCC(C(=O)NC=O)N1C(=O)c2cccc3c(C/C(C=NC4(C)CCN(C(=O)C5(C)CCC5)CC4)=C/N)ccc1c23. The maximum atomic E-state index is 13.5. The van der Waals surface area contributed by atoms with Gasteiger partial charge in [-0.2, -0.15) is 0 Å². The van der Waals surface area contributed by atoms with Gasteiger partial charge >= 0.3 is 0 Å². The molecule has 0 bridgehead atoms. The third kappa shape index (κ3) is 5.32. The van der Waals surface area contributed by atoms with Crippen molar-refractivity contribution in [2.75, 3.05) is 18.0 Å². The molecule has 0 radical (unpaired) electrons. The summed E-state index contributed by atoms with van der Waals surface area (Å²) < 4.78 is 0. The van der Waals surface area contributed by atoms with Gasteiger partial charge in [-0.15, -0.1) is 0 Å². The summed E-state index contributed by atoms with van der Waals surface area (Å²) in [5, 5.41) is 3.95. The van der Waals surface area contributed by atoms with Gasteiger partial charge in [0.05, 0.1) is 11.2 Å². The Labute approximate surface area is 247 Å². The summed E-state index contributed by atoms with van der Waals surface area (Å²) in [6.07, 6.45) is 10.1. The lowest BCUT2D eigenvalue weighted by atomic mass is 9.69. The quantitative estimate of drug-likeness (QED) is 0.326. The van der Waals surface area contributed by atoms with Gasteiger partial charge in [0.15, 0.2) is 0 Å². The first kappa shape index (κ1) is 29.5. The van der Waals surface area contributed by atoms with Crippen molar-refractivity contribution in [3.63, 3.8) is 0 Å². The van der Waals surface area contributed by atoms with E-state index < -0.39 is 11.9 Å². The average molecular weight is 572 g/mol. The second kappa shape index (κ2) is 11.7. The number of nitrogens with one attached hydrogen (secondary N) is 1. The van der Waals surface area contributed by atoms with Gasteiger partial charge in [-0.05, 0) is 73.9 Å². The smallest absolute Gasteiger partial charge is 0.259 e. The molecular formula is C33H41N5O4. The molecule has 42 heavy (non-hydrogen) atoms. The van der Waals surface area contributed by atoms with Gasteiger partial charge in [0.1, 0.15) is 6.04 Å². The van der Waals surface area contributed by atoms with Crippen molar-refractivity contribution in [1.82, 2.24) is 10.2 Å². The van der Waals surface area contributed by atoms with Crippen LogP contribution >= 0.6 is 0 Å². The van der Waals surface area contributed by atoms with E-state index in [-0.39, 0.29) is 22.8 Å². The first-order valence-electron chi connectivity index (χ1n) is 15.0. The van der Waals surface area contributed by atoms with Crippen molar-refractivity contribution in [3.8, 4) is 0 Å². The highest BCUT2D eigenvalue weighted by molar-refractivity contribution is 6.27. The molecule has 2 aromatic rings. The molecule has 9 nitrogen and oxygen atoms in total. The van der Waals surface area contributed by atoms with Crippen LogP contribution in [0.2, 0.25) is 0 Å². The standard InChI is InChI=1S/C33H41N5O4/c1-4-7-27(29(40)35-21-39)38-26-11-10-23(24-8-5-9-25(28(24)26)30(38)41)18-22(19-34)20-36-33(3)14-16-37(17-15-33)31(42)32(2)12-6-13-32/h5,8-11,19-21,27H,4,6-7,12-18,34H2,1-3H3,(H,35,39,40)/b22-19-,36-20?. The summed E-state index contributed by atoms with van der Waals surface area (Å²) in [5.74, 6) is -0.444. The second-order valence-electron chi connectivity index (χ2n) is 12.5. The Morgan fingerprint density at radius 2 is 1.86 bits per heavy atom. The van der Waals surface area contributed by atoms with E-state index in [0.29, 0.717) is 50.0 Å². The average Bonchev–Trinajstić information content (AvgIpc) is 3.26. The number of imide groups is 1. The molecule has 3 N–H and O–H groups in total. The van der Waals surface area contributed by atoms with Crippen molar-refractivity contribution in [1.29, 1.82) is 0 Å². The zero-order valence-electron chi connectivity index (χ0n) is 24.8. The molecule has 1 aliphatic carbocycles. The summed E-state index contributed by atoms with van der Waals surface area (Å²) in [5.41, 5.74) is 8.69. The molecule has 5 rings (SSSR count). The van der Waals surface area contributed by atoms with Crippen molar-refractivity contribution in [2.24, 2.45) is 16.1 Å². The Bertz CT molecular complexity index is 1470. The van der Waals surface area contributed by atoms with E-state index >= 15 is 0 Å². The Morgan fingerprint density at radius 3 is 2.48 bits per heavy atom. The highest BCUT2D eigenvalue weighted by atomic mass is 16.2. The minimum atomic E-state index is -0.778. The topological polar surface area (TPSA) is 125 Å². The Balaban J connectivity index is 1.34. The summed E-state index contributed by atoms with van der Waals surface area (Å²) in [6.45, 7) is 7.59. The molecule has 0 spiro atoms. The highest BCUT2D eigenvalue weighted by Gasteiger charge is 2.43. The predicted molar refractivity (Wildman–Crippen MR) is 164 cm³/mol. The number of nitrogens with two attached hydrogens (primary N) is 1. The van der Waals surface area contributed by atoms with Crippen LogP contribution in [0.3, 0.4) is 0 Å². The Morgan fingerprint density at radius 1 is 1.12 bits per heavy atom. The van der Waals surface area contributed by atoms with Crippen molar-refractivity contribution < 1.29 is 19.2 Å². The number of nitrogens with zero attached hydrogens (tertiary/aromatic N) is 3. The van der Waals surface area contributed by atoms with Crippen LogP contribution in [0.15, 0.2) is 47.1 Å². The second-order valence-corrected chi connectivity index (χ2v) is 12.5. The number of allylic oxidation sites excluding steroid dienone is 1. The van der Waals surface area contributed by atoms with Crippen LogP contribution in [0.25, 0.3) is 10.8 Å². The number of amides is 4. The molecule has 9 heteroatoms. The van der Waals surface area contributed by atoms with Gasteiger partial charge in [-0.3, -0.25) is 34.4 Å². The monoisotopic (exact) mass is 571 g/mol. The maximum absolute atomic E-state index is 13.5. The number of piperidine rings is 1. The fourth-order valence-electron chi connectivity index (χ4n) is 6.56. The number of anilines is 1. The molecule has 2 heterocycles. The van der Waals surface area contributed by atoms with Crippen LogP contribution in [0.1, 0.15) is 81.6 Å². The van der Waals surface area contributed by atoms with E-state index in [1.165, 1.54) is 4.90 Å². The maximum Gasteiger partial charge on any atom is 0.259 e. The van der Waals surface area contributed by atoms with Crippen molar-refractivity contribution >= 4 is 46.8 Å². The van der Waals surface area contributed by atoms with E-state index in [2.05, 4.69) is 19.2 Å². The zero-order valence-corrected chi connectivity index (χ0v) is 24.8. The molecular weight excluding hydrogens is 530 g/mol. The highest BCUT2D eigenvalue weighted by Crippen LogP contribution is 2.43. The molecule has 2 aromatic carbocycles. The van der Waals surface area contributed by atoms with E-state index in [4.69, 9.17) is 10.7 Å². The number of carbonyl (C=O) groups is 4. The molecule has 1 saturated heterocycles. The van der Waals surface area contributed by atoms with Gasteiger partial charge < -0.3 is 10.6 Å². The number of likely N-dealkylation sites (tertiary alicyclic amines) is 1. The van der Waals surface area contributed by atoms with Crippen LogP contribution in [-0.2, 0) is 20.8 Å². The summed E-state index contributed by atoms with van der Waals surface area (Å²) in [7, 11) is 0. The van der Waals surface area contributed by atoms with Crippen LogP contribution < -0.4 is 16.0 Å². The Kier molecular flexibility index (Phi) is 8.21. The van der Waals surface area contributed by atoms with Crippen molar-refractivity contribution in [2.45, 2.75) is 83.7 Å². The molecule has 4 amide bonds. The van der Waals surface area contributed by atoms with Gasteiger partial charge in [0.2, 0.25) is 18.2 Å². The number of hydrogen-bond acceptors (Lipinski definition) is 6.